The predicted octanol–water partition coefficient (Wildman–Crippen LogP) is 1.06. The van der Waals surface area contributed by atoms with Crippen LogP contribution in [-0.4, -0.2) is 35.7 Å². The minimum Gasteiger partial charge on any atom is -0.465 e. The Balaban J connectivity index is 2.39. The van der Waals surface area contributed by atoms with Crippen molar-refractivity contribution in [2.45, 2.75) is 20.4 Å². The van der Waals surface area contributed by atoms with Gasteiger partial charge in [-0.3, -0.25) is 9.69 Å². The first kappa shape index (κ1) is 11.7. The molecule has 0 aromatic carbocycles. The lowest BCUT2D eigenvalue weighted by atomic mass is 10.3. The van der Waals surface area contributed by atoms with E-state index < -0.39 is 0 Å². The van der Waals surface area contributed by atoms with Gasteiger partial charge in [0.1, 0.15) is 6.26 Å². The van der Waals surface area contributed by atoms with Crippen molar-refractivity contribution in [1.82, 2.24) is 10.1 Å². The minimum atomic E-state index is -0.198. The van der Waals surface area contributed by atoms with Crippen LogP contribution >= 0.6 is 0 Å². The van der Waals surface area contributed by atoms with Crippen LogP contribution < -0.4 is 0 Å². The van der Waals surface area contributed by atoms with Crippen molar-refractivity contribution >= 4 is 5.97 Å². The fourth-order valence-electron chi connectivity index (χ4n) is 1.23. The van der Waals surface area contributed by atoms with Crippen LogP contribution in [0.3, 0.4) is 0 Å². The van der Waals surface area contributed by atoms with Gasteiger partial charge in [-0.05, 0) is 13.5 Å². The highest BCUT2D eigenvalue weighted by molar-refractivity contribution is 5.71. The Labute approximate surface area is 89.0 Å². The first-order valence-electron chi connectivity index (χ1n) is 5.02. The number of aromatic nitrogens is 1. The van der Waals surface area contributed by atoms with Gasteiger partial charge in [0.05, 0.1) is 19.3 Å². The molecule has 0 saturated heterocycles. The second kappa shape index (κ2) is 6.19. The molecule has 0 fully saturated rings. The molecule has 5 heteroatoms. The van der Waals surface area contributed by atoms with E-state index in [2.05, 4.69) is 5.16 Å². The van der Waals surface area contributed by atoms with Gasteiger partial charge in [-0.2, -0.15) is 0 Å². The summed E-state index contributed by atoms with van der Waals surface area (Å²) in [5.74, 6) is -0.198. The van der Waals surface area contributed by atoms with Crippen LogP contribution in [0.15, 0.2) is 17.0 Å². The van der Waals surface area contributed by atoms with Gasteiger partial charge >= 0.3 is 5.97 Å². The first-order chi connectivity index (χ1) is 7.26. The molecule has 0 atom stereocenters. The minimum absolute atomic E-state index is 0.198. The summed E-state index contributed by atoms with van der Waals surface area (Å²) in [6, 6.07) is 0. The number of hydrogen-bond acceptors (Lipinski definition) is 5. The highest BCUT2D eigenvalue weighted by Gasteiger charge is 2.10. The molecule has 0 aliphatic carbocycles. The van der Waals surface area contributed by atoms with Gasteiger partial charge < -0.3 is 9.26 Å². The second-order valence-corrected chi connectivity index (χ2v) is 3.14. The van der Waals surface area contributed by atoms with E-state index >= 15 is 0 Å². The molecule has 0 radical (unpaired) electrons. The molecule has 0 N–H and O–H groups in total. The van der Waals surface area contributed by atoms with Crippen molar-refractivity contribution in [3.05, 3.63) is 18.0 Å². The molecule has 0 unspecified atom stereocenters. The average Bonchev–Trinajstić information content (AvgIpc) is 2.70. The smallest absolute Gasteiger partial charge is 0.320 e. The third-order valence-electron chi connectivity index (χ3n) is 1.99. The standard InChI is InChI=1S/C10H16N2O3/c1-3-12(7-10(13)14-4-2)6-9-5-11-15-8-9/h5,8H,3-4,6-7H2,1-2H3. The van der Waals surface area contributed by atoms with Gasteiger partial charge in [-0.25, -0.2) is 0 Å². The lowest BCUT2D eigenvalue weighted by Crippen LogP contribution is -2.30. The molecule has 84 valence electrons. The Morgan fingerprint density at radius 1 is 1.60 bits per heavy atom. The Kier molecular flexibility index (Phi) is 4.83. The number of likely N-dealkylation sites (N-methyl/N-ethyl adjacent to an activating group) is 1. The quantitative estimate of drug-likeness (QED) is 0.660. The third kappa shape index (κ3) is 4.12. The molecule has 0 amide bonds. The Hall–Kier alpha value is -1.36. The van der Waals surface area contributed by atoms with E-state index in [1.165, 1.54) is 0 Å². The SMILES string of the molecule is CCOC(=O)CN(CC)Cc1cnoc1. The zero-order valence-corrected chi connectivity index (χ0v) is 9.10. The van der Waals surface area contributed by atoms with E-state index in [1.807, 2.05) is 11.8 Å². The maximum absolute atomic E-state index is 11.2. The summed E-state index contributed by atoms with van der Waals surface area (Å²) in [5, 5.41) is 3.61. The summed E-state index contributed by atoms with van der Waals surface area (Å²) >= 11 is 0. The molecular weight excluding hydrogens is 196 g/mol. The molecule has 0 aliphatic heterocycles. The number of ether oxygens (including phenoxy) is 1. The van der Waals surface area contributed by atoms with E-state index in [1.54, 1.807) is 19.4 Å². The number of rotatable bonds is 6. The highest BCUT2D eigenvalue weighted by atomic mass is 16.5. The number of carbonyl (C=O) groups is 1. The van der Waals surface area contributed by atoms with Crippen LogP contribution in [0.4, 0.5) is 0 Å². The lowest BCUT2D eigenvalue weighted by molar-refractivity contribution is -0.144. The van der Waals surface area contributed by atoms with Gasteiger partial charge in [0.25, 0.3) is 0 Å². The van der Waals surface area contributed by atoms with E-state index in [0.717, 1.165) is 12.1 Å². The number of nitrogens with zero attached hydrogens (tertiary/aromatic N) is 2. The van der Waals surface area contributed by atoms with Crippen molar-refractivity contribution in [3.63, 3.8) is 0 Å². The van der Waals surface area contributed by atoms with E-state index in [0.29, 0.717) is 19.7 Å². The van der Waals surface area contributed by atoms with Gasteiger partial charge in [0.15, 0.2) is 0 Å². The summed E-state index contributed by atoms with van der Waals surface area (Å²) in [6.07, 6.45) is 3.22. The first-order valence-corrected chi connectivity index (χ1v) is 5.02. The highest BCUT2D eigenvalue weighted by Crippen LogP contribution is 2.02. The van der Waals surface area contributed by atoms with Crippen molar-refractivity contribution < 1.29 is 14.1 Å². The summed E-state index contributed by atoms with van der Waals surface area (Å²) in [5.41, 5.74) is 0.959. The van der Waals surface area contributed by atoms with Crippen LogP contribution in [0.25, 0.3) is 0 Å². The Morgan fingerprint density at radius 2 is 2.40 bits per heavy atom. The number of hydrogen-bond donors (Lipinski definition) is 0. The van der Waals surface area contributed by atoms with Crippen LogP contribution in [0.1, 0.15) is 19.4 Å². The van der Waals surface area contributed by atoms with Crippen molar-refractivity contribution in [2.75, 3.05) is 19.7 Å². The number of esters is 1. The van der Waals surface area contributed by atoms with E-state index in [-0.39, 0.29) is 5.97 Å². The molecule has 0 spiro atoms. The lowest BCUT2D eigenvalue weighted by Gasteiger charge is -2.17. The maximum Gasteiger partial charge on any atom is 0.320 e. The summed E-state index contributed by atoms with van der Waals surface area (Å²) in [4.78, 5) is 13.2. The average molecular weight is 212 g/mol. The van der Waals surface area contributed by atoms with E-state index in [9.17, 15) is 4.79 Å². The zero-order chi connectivity index (χ0) is 11.1. The molecule has 0 bridgehead atoms. The summed E-state index contributed by atoms with van der Waals surface area (Å²) < 4.78 is 9.59. The molecule has 1 aromatic heterocycles. The summed E-state index contributed by atoms with van der Waals surface area (Å²) in [6.45, 7) is 5.95. The molecule has 1 heterocycles. The summed E-state index contributed by atoms with van der Waals surface area (Å²) in [7, 11) is 0. The molecule has 0 saturated carbocycles. The second-order valence-electron chi connectivity index (χ2n) is 3.14. The molecular formula is C10H16N2O3. The normalized spacial score (nSPS) is 10.6. The Morgan fingerprint density at radius 3 is 2.93 bits per heavy atom. The monoisotopic (exact) mass is 212 g/mol. The third-order valence-corrected chi connectivity index (χ3v) is 1.99. The van der Waals surface area contributed by atoms with Crippen LogP contribution in [0.5, 0.6) is 0 Å². The largest absolute Gasteiger partial charge is 0.465 e. The molecule has 0 aliphatic rings. The van der Waals surface area contributed by atoms with Crippen LogP contribution in [0.2, 0.25) is 0 Å². The zero-order valence-electron chi connectivity index (χ0n) is 9.10. The molecule has 15 heavy (non-hydrogen) atoms. The van der Waals surface area contributed by atoms with Crippen LogP contribution in [0, 0.1) is 0 Å². The van der Waals surface area contributed by atoms with E-state index in [4.69, 9.17) is 9.26 Å². The Bertz CT molecular complexity index is 285. The topological polar surface area (TPSA) is 55.6 Å². The predicted molar refractivity (Wildman–Crippen MR) is 54.1 cm³/mol. The fourth-order valence-corrected chi connectivity index (χ4v) is 1.23. The molecule has 5 nitrogen and oxygen atoms in total. The number of carbonyl (C=O) groups excluding carboxylic acids is 1. The van der Waals surface area contributed by atoms with Crippen LogP contribution in [-0.2, 0) is 16.1 Å². The van der Waals surface area contributed by atoms with Crippen molar-refractivity contribution in [2.24, 2.45) is 0 Å². The maximum atomic E-state index is 11.2. The van der Waals surface area contributed by atoms with Crippen molar-refractivity contribution in [3.8, 4) is 0 Å². The van der Waals surface area contributed by atoms with Gasteiger partial charge in [0, 0.05) is 12.1 Å². The fraction of sp³-hybridized carbons (Fsp3) is 0.600. The van der Waals surface area contributed by atoms with Crippen molar-refractivity contribution in [1.29, 1.82) is 0 Å². The molecule has 1 aromatic rings. The van der Waals surface area contributed by atoms with Gasteiger partial charge in [-0.1, -0.05) is 12.1 Å². The van der Waals surface area contributed by atoms with Gasteiger partial charge in [0.2, 0.25) is 0 Å². The molecule has 1 rings (SSSR count). The van der Waals surface area contributed by atoms with Gasteiger partial charge in [-0.15, -0.1) is 0 Å².